The van der Waals surface area contributed by atoms with Gasteiger partial charge in [0.1, 0.15) is 11.2 Å². The van der Waals surface area contributed by atoms with Gasteiger partial charge in [-0.25, -0.2) is 9.98 Å². The first kappa shape index (κ1) is 17.5. The van der Waals surface area contributed by atoms with Gasteiger partial charge in [-0.2, -0.15) is 0 Å². The molecule has 1 atom stereocenters. The minimum Gasteiger partial charge on any atom is -0.369 e. The molecule has 26 heavy (non-hydrogen) atoms. The molecule has 9 nitrogen and oxygen atoms in total. The molecule has 0 radical (unpaired) electrons. The molecule has 134 valence electrons. The maximum atomic E-state index is 12.3. The van der Waals surface area contributed by atoms with Crippen LogP contribution in [0.4, 0.5) is 5.69 Å². The average molecular weight is 353 g/mol. The Kier molecular flexibility index (Phi) is 4.37. The molecule has 0 fully saturated rings. The summed E-state index contributed by atoms with van der Waals surface area (Å²) in [5.41, 5.74) is 6.92. The number of nitrogens with two attached hydrogens (primary N) is 1. The predicted octanol–water partition coefficient (Wildman–Crippen LogP) is 0.824. The van der Waals surface area contributed by atoms with Gasteiger partial charge in [0.05, 0.1) is 24.0 Å². The molecule has 9 heteroatoms. The molecule has 1 unspecified atom stereocenters. The number of aromatic nitrogens is 3. The summed E-state index contributed by atoms with van der Waals surface area (Å²) in [5.74, 6) is -0.400. The summed E-state index contributed by atoms with van der Waals surface area (Å²) in [6.07, 6.45) is 4.62. The van der Waals surface area contributed by atoms with Gasteiger partial charge < -0.3 is 11.1 Å². The van der Waals surface area contributed by atoms with Crippen molar-refractivity contribution in [3.8, 4) is 0 Å². The summed E-state index contributed by atoms with van der Waals surface area (Å²) < 4.78 is 0. The van der Waals surface area contributed by atoms with Crippen molar-refractivity contribution in [3.63, 3.8) is 0 Å². The van der Waals surface area contributed by atoms with E-state index in [1.54, 1.807) is 39.2 Å². The third kappa shape index (κ3) is 3.37. The minimum absolute atomic E-state index is 0.134. The van der Waals surface area contributed by atoms with Crippen molar-refractivity contribution in [1.82, 2.24) is 19.9 Å². The fraction of sp³-hybridized carbons (Fsp3) is 0.294. The number of hydrogen-bond donors (Lipinski definition) is 2. The molecule has 2 aromatic rings. The topological polar surface area (TPSA) is 126 Å². The zero-order valence-electron chi connectivity index (χ0n) is 14.7. The monoisotopic (exact) mass is 353 g/mol. The second kappa shape index (κ2) is 6.51. The lowest BCUT2D eigenvalue weighted by Gasteiger charge is -2.32. The number of amides is 2. The molecule has 1 aliphatic rings. The van der Waals surface area contributed by atoms with E-state index in [0.29, 0.717) is 11.4 Å². The summed E-state index contributed by atoms with van der Waals surface area (Å²) in [5, 5.41) is 2.75. The first-order valence-corrected chi connectivity index (χ1v) is 7.97. The highest BCUT2D eigenvalue weighted by atomic mass is 16.2. The summed E-state index contributed by atoms with van der Waals surface area (Å²) in [6, 6.07) is 3.32. The molecule has 0 saturated carbocycles. The lowest BCUT2D eigenvalue weighted by atomic mass is 9.91. The van der Waals surface area contributed by atoms with E-state index in [2.05, 4.69) is 25.3 Å². The van der Waals surface area contributed by atoms with Crippen molar-refractivity contribution in [2.45, 2.75) is 25.8 Å². The van der Waals surface area contributed by atoms with Crippen LogP contribution in [0.5, 0.6) is 0 Å². The van der Waals surface area contributed by atoms with Gasteiger partial charge in [-0.15, -0.1) is 0 Å². The molecule has 1 aliphatic heterocycles. The van der Waals surface area contributed by atoms with Crippen LogP contribution < -0.4 is 11.1 Å². The number of rotatable bonds is 3. The highest BCUT2D eigenvalue weighted by Crippen LogP contribution is 2.32. The van der Waals surface area contributed by atoms with E-state index < -0.39 is 5.54 Å². The molecular formula is C17H19N7O2. The van der Waals surface area contributed by atoms with Crippen LogP contribution in [-0.2, 0) is 10.3 Å². The first-order valence-electron chi connectivity index (χ1n) is 7.97. The Labute approximate surface area is 150 Å². The van der Waals surface area contributed by atoms with Crippen LogP contribution >= 0.6 is 0 Å². The number of guanidine groups is 1. The van der Waals surface area contributed by atoms with Gasteiger partial charge in [0.15, 0.2) is 5.96 Å². The van der Waals surface area contributed by atoms with Crippen molar-refractivity contribution in [3.05, 3.63) is 47.8 Å². The lowest BCUT2D eigenvalue weighted by Crippen LogP contribution is -2.47. The van der Waals surface area contributed by atoms with Crippen LogP contribution in [0.2, 0.25) is 0 Å². The molecule has 0 aliphatic carbocycles. The molecule has 3 N–H and O–H groups in total. The Morgan fingerprint density at radius 1 is 1.31 bits per heavy atom. The van der Waals surface area contributed by atoms with Crippen molar-refractivity contribution in [2.24, 2.45) is 10.7 Å². The van der Waals surface area contributed by atoms with Crippen LogP contribution in [0.1, 0.15) is 35.2 Å². The predicted molar refractivity (Wildman–Crippen MR) is 95.3 cm³/mol. The summed E-state index contributed by atoms with van der Waals surface area (Å²) in [6.45, 7) is 3.57. The van der Waals surface area contributed by atoms with E-state index in [0.717, 1.165) is 5.69 Å². The van der Waals surface area contributed by atoms with E-state index in [1.165, 1.54) is 17.3 Å². The number of aliphatic imine (C=N–C) groups is 1. The van der Waals surface area contributed by atoms with Gasteiger partial charge in [-0.1, -0.05) is 0 Å². The Bertz CT molecular complexity index is 894. The lowest BCUT2D eigenvalue weighted by molar-refractivity contribution is -0.128. The number of pyridine rings is 1. The van der Waals surface area contributed by atoms with Crippen LogP contribution in [0.3, 0.4) is 0 Å². The van der Waals surface area contributed by atoms with E-state index in [9.17, 15) is 9.59 Å². The number of nitrogens with zero attached hydrogens (tertiary/aromatic N) is 5. The van der Waals surface area contributed by atoms with Crippen molar-refractivity contribution in [2.75, 3.05) is 12.4 Å². The molecule has 0 bridgehead atoms. The summed E-state index contributed by atoms with van der Waals surface area (Å²) >= 11 is 0. The number of aryl methyl sites for hydroxylation is 1. The third-order valence-corrected chi connectivity index (χ3v) is 4.16. The Morgan fingerprint density at radius 3 is 2.73 bits per heavy atom. The van der Waals surface area contributed by atoms with Gasteiger partial charge >= 0.3 is 0 Å². The fourth-order valence-electron chi connectivity index (χ4n) is 2.56. The van der Waals surface area contributed by atoms with Gasteiger partial charge in [0.25, 0.3) is 5.91 Å². The number of nitrogens with one attached hydrogen (secondary N) is 1. The third-order valence-electron chi connectivity index (χ3n) is 4.16. The molecular weight excluding hydrogens is 334 g/mol. The smallest absolute Gasteiger partial charge is 0.275 e. The van der Waals surface area contributed by atoms with Crippen molar-refractivity contribution in [1.29, 1.82) is 0 Å². The quantitative estimate of drug-likeness (QED) is 0.841. The van der Waals surface area contributed by atoms with Gasteiger partial charge in [-0.05, 0) is 26.0 Å². The zero-order valence-corrected chi connectivity index (χ0v) is 14.7. The van der Waals surface area contributed by atoms with Crippen LogP contribution in [0.25, 0.3) is 0 Å². The highest BCUT2D eigenvalue weighted by Gasteiger charge is 2.37. The Morgan fingerprint density at radius 2 is 2.08 bits per heavy atom. The molecule has 2 amide bonds. The van der Waals surface area contributed by atoms with Crippen LogP contribution in [0, 0.1) is 6.92 Å². The SMILES string of the molecule is Cc1cnc(C(=O)Nc2ccnc(C3(C)CC(=O)N(C)C(N)=N3)c2)cn1. The second-order valence-corrected chi connectivity index (χ2v) is 6.30. The minimum atomic E-state index is -0.891. The van der Waals surface area contributed by atoms with Crippen molar-refractivity contribution >= 4 is 23.5 Å². The number of carbonyl (C=O) groups is 2. The van der Waals surface area contributed by atoms with Crippen molar-refractivity contribution < 1.29 is 9.59 Å². The van der Waals surface area contributed by atoms with E-state index >= 15 is 0 Å². The Hall–Kier alpha value is -3.36. The maximum Gasteiger partial charge on any atom is 0.275 e. The van der Waals surface area contributed by atoms with E-state index in [4.69, 9.17) is 5.73 Å². The highest BCUT2D eigenvalue weighted by molar-refractivity contribution is 6.02. The molecule has 0 aromatic carbocycles. The number of hydrogen-bond acceptors (Lipinski definition) is 7. The molecule has 3 heterocycles. The van der Waals surface area contributed by atoms with Gasteiger partial charge in [0, 0.05) is 25.1 Å². The standard InChI is InChI=1S/C17H19N7O2/c1-10-8-21-12(9-20-10)15(26)22-11-4-5-19-13(6-11)17(2)7-14(25)24(3)16(18)23-17/h4-6,8-9H,7H2,1-3H3,(H2,18,23)(H,19,22,26). The maximum absolute atomic E-state index is 12.3. The number of carbonyl (C=O) groups excluding carboxylic acids is 2. The molecule has 0 saturated heterocycles. The second-order valence-electron chi connectivity index (χ2n) is 6.30. The number of anilines is 1. The van der Waals surface area contributed by atoms with E-state index in [1.807, 2.05) is 0 Å². The average Bonchev–Trinajstić information content (AvgIpc) is 2.60. The van der Waals surface area contributed by atoms with Gasteiger partial charge in [0.2, 0.25) is 5.91 Å². The molecule has 0 spiro atoms. The molecule has 3 rings (SSSR count). The zero-order chi connectivity index (χ0) is 18.9. The Balaban J connectivity index is 1.85. The van der Waals surface area contributed by atoms with Gasteiger partial charge in [-0.3, -0.25) is 24.5 Å². The normalized spacial score (nSPS) is 19.9. The summed E-state index contributed by atoms with van der Waals surface area (Å²) in [7, 11) is 1.58. The first-order chi connectivity index (χ1) is 12.3. The largest absolute Gasteiger partial charge is 0.369 e. The summed E-state index contributed by atoms with van der Waals surface area (Å²) in [4.78, 5) is 42.5. The fourth-order valence-corrected chi connectivity index (χ4v) is 2.56. The van der Waals surface area contributed by atoms with Crippen LogP contribution in [-0.4, -0.2) is 44.7 Å². The van der Waals surface area contributed by atoms with Crippen LogP contribution in [0.15, 0.2) is 35.7 Å². The molecule has 2 aromatic heterocycles. The van der Waals surface area contributed by atoms with E-state index in [-0.39, 0.29) is 29.9 Å².